The fourth-order valence-electron chi connectivity index (χ4n) is 2.71. The molecule has 6 heteroatoms. The average molecular weight is 311 g/mol. The lowest BCUT2D eigenvalue weighted by Crippen LogP contribution is -2.25. The predicted octanol–water partition coefficient (Wildman–Crippen LogP) is 2.63. The number of rotatable bonds is 1. The highest BCUT2D eigenvalue weighted by Crippen LogP contribution is 2.32. The van der Waals surface area contributed by atoms with Crippen molar-refractivity contribution in [3.05, 3.63) is 21.3 Å². The summed E-state index contributed by atoms with van der Waals surface area (Å²) in [4.78, 5) is 23.4. The van der Waals surface area contributed by atoms with Crippen LogP contribution in [-0.4, -0.2) is 19.5 Å². The number of hydrogen-bond acceptors (Lipinski definition) is 3. The second-order valence-corrected chi connectivity index (χ2v) is 5.89. The molecular weight excluding hydrogens is 296 g/mol. The summed E-state index contributed by atoms with van der Waals surface area (Å²) in [5.41, 5.74) is 1.14. The molecule has 1 N–H and O–H groups in total. The minimum absolute atomic E-state index is 0.0948. The van der Waals surface area contributed by atoms with Crippen molar-refractivity contribution in [1.29, 1.82) is 0 Å². The maximum atomic E-state index is 12.0. The summed E-state index contributed by atoms with van der Waals surface area (Å²) in [7, 11) is 0. The molecule has 2 heterocycles. The van der Waals surface area contributed by atoms with E-state index in [9.17, 15) is 4.79 Å². The Balaban J connectivity index is 2.08. The van der Waals surface area contributed by atoms with Gasteiger partial charge in [-0.1, -0.05) is 6.92 Å². The van der Waals surface area contributed by atoms with Crippen molar-refractivity contribution in [3.63, 3.8) is 0 Å². The van der Waals surface area contributed by atoms with Crippen LogP contribution >= 0.6 is 15.9 Å². The van der Waals surface area contributed by atoms with Gasteiger partial charge >= 0.3 is 5.69 Å². The van der Waals surface area contributed by atoms with Crippen LogP contribution in [0.5, 0.6) is 0 Å². The molecule has 96 valence electrons. The number of hydrogen-bond donors (Lipinski definition) is 1. The number of imidazole rings is 1. The van der Waals surface area contributed by atoms with Crippen LogP contribution in [0.3, 0.4) is 0 Å². The Hall–Kier alpha value is -1.17. The minimum Gasteiger partial charge on any atom is -0.289 e. The van der Waals surface area contributed by atoms with E-state index in [-0.39, 0.29) is 11.7 Å². The van der Waals surface area contributed by atoms with Crippen LogP contribution in [0.15, 0.2) is 15.6 Å². The zero-order valence-corrected chi connectivity index (χ0v) is 11.8. The normalized spacial score (nSPS) is 24.6. The van der Waals surface area contributed by atoms with E-state index in [0.29, 0.717) is 15.9 Å². The molecule has 0 amide bonds. The standard InChI is InChI=1S/C12H15BrN4O/c1-7-2-4-8(5-3-7)17-11-10(16-12(17)18)14-6-9(13)15-11/h6-8H,2-5H2,1H3,(H,14,16,18). The van der Waals surface area contributed by atoms with Gasteiger partial charge < -0.3 is 0 Å². The molecule has 1 aliphatic rings. The number of aromatic amines is 1. The summed E-state index contributed by atoms with van der Waals surface area (Å²) < 4.78 is 2.44. The smallest absolute Gasteiger partial charge is 0.289 e. The Bertz CT molecular complexity index is 625. The molecule has 0 saturated heterocycles. The van der Waals surface area contributed by atoms with Gasteiger partial charge in [0, 0.05) is 6.04 Å². The van der Waals surface area contributed by atoms with Crippen LogP contribution in [-0.2, 0) is 0 Å². The number of H-pyrrole nitrogens is 1. The Morgan fingerprint density at radius 2 is 2.11 bits per heavy atom. The molecule has 1 fully saturated rings. The van der Waals surface area contributed by atoms with Gasteiger partial charge in [0.2, 0.25) is 0 Å². The molecule has 18 heavy (non-hydrogen) atoms. The fourth-order valence-corrected chi connectivity index (χ4v) is 2.98. The molecule has 2 aromatic rings. The van der Waals surface area contributed by atoms with E-state index in [4.69, 9.17) is 0 Å². The summed E-state index contributed by atoms with van der Waals surface area (Å²) in [5, 5.41) is 0. The van der Waals surface area contributed by atoms with E-state index >= 15 is 0 Å². The summed E-state index contributed by atoms with van der Waals surface area (Å²) in [5.74, 6) is 0.764. The number of nitrogens with zero attached hydrogens (tertiary/aromatic N) is 3. The lowest BCUT2D eigenvalue weighted by molar-refractivity contribution is 0.289. The van der Waals surface area contributed by atoms with Crippen LogP contribution < -0.4 is 5.69 Å². The van der Waals surface area contributed by atoms with Crippen LogP contribution in [0.2, 0.25) is 0 Å². The van der Waals surface area contributed by atoms with Crippen molar-refractivity contribution in [2.75, 3.05) is 0 Å². The highest BCUT2D eigenvalue weighted by molar-refractivity contribution is 9.10. The van der Waals surface area contributed by atoms with Crippen molar-refractivity contribution < 1.29 is 0 Å². The van der Waals surface area contributed by atoms with Gasteiger partial charge in [-0.15, -0.1) is 0 Å². The lowest BCUT2D eigenvalue weighted by Gasteiger charge is -2.26. The maximum Gasteiger partial charge on any atom is 0.329 e. The minimum atomic E-state index is -0.0948. The van der Waals surface area contributed by atoms with Gasteiger partial charge in [0.15, 0.2) is 11.3 Å². The molecule has 0 unspecified atom stereocenters. The Morgan fingerprint density at radius 1 is 1.39 bits per heavy atom. The van der Waals surface area contributed by atoms with Crippen LogP contribution in [0.25, 0.3) is 11.3 Å². The van der Waals surface area contributed by atoms with E-state index in [2.05, 4.69) is 37.8 Å². The number of fused-ring (bicyclic) bond motifs is 1. The van der Waals surface area contributed by atoms with Crippen molar-refractivity contribution in [3.8, 4) is 0 Å². The molecule has 0 radical (unpaired) electrons. The van der Waals surface area contributed by atoms with Crippen molar-refractivity contribution in [2.24, 2.45) is 5.92 Å². The van der Waals surface area contributed by atoms with Gasteiger partial charge in [0.05, 0.1) is 6.20 Å². The molecule has 0 bridgehead atoms. The van der Waals surface area contributed by atoms with E-state index in [0.717, 1.165) is 18.8 Å². The molecule has 0 aromatic carbocycles. The van der Waals surface area contributed by atoms with Crippen molar-refractivity contribution >= 4 is 27.2 Å². The zero-order valence-electron chi connectivity index (χ0n) is 10.2. The van der Waals surface area contributed by atoms with E-state index in [1.807, 2.05) is 0 Å². The first kappa shape index (κ1) is 11.9. The topological polar surface area (TPSA) is 63.6 Å². The molecule has 0 atom stereocenters. The number of nitrogens with one attached hydrogen (secondary N) is 1. The third-order valence-corrected chi connectivity index (χ3v) is 4.13. The third kappa shape index (κ3) is 1.98. The largest absolute Gasteiger partial charge is 0.329 e. The second-order valence-electron chi connectivity index (χ2n) is 5.08. The van der Waals surface area contributed by atoms with Gasteiger partial charge in [-0.05, 0) is 47.5 Å². The molecule has 0 spiro atoms. The molecule has 3 rings (SSSR count). The van der Waals surface area contributed by atoms with Crippen molar-refractivity contribution in [2.45, 2.75) is 38.6 Å². The molecule has 1 aliphatic carbocycles. The average Bonchev–Trinajstić information content (AvgIpc) is 2.66. The Morgan fingerprint density at radius 3 is 2.83 bits per heavy atom. The second kappa shape index (κ2) is 4.50. The lowest BCUT2D eigenvalue weighted by atomic mass is 9.87. The summed E-state index contributed by atoms with van der Waals surface area (Å²) in [6.45, 7) is 2.27. The highest BCUT2D eigenvalue weighted by Gasteiger charge is 2.23. The first-order chi connectivity index (χ1) is 8.65. The molecule has 5 nitrogen and oxygen atoms in total. The van der Waals surface area contributed by atoms with Gasteiger partial charge in [-0.3, -0.25) is 9.55 Å². The van der Waals surface area contributed by atoms with Gasteiger partial charge in [-0.25, -0.2) is 14.8 Å². The van der Waals surface area contributed by atoms with Gasteiger partial charge in [0.25, 0.3) is 0 Å². The SMILES string of the molecule is CC1CCC(n2c(=O)[nH]c3ncc(Br)nc32)CC1. The van der Waals surface area contributed by atoms with Gasteiger partial charge in [-0.2, -0.15) is 0 Å². The fraction of sp³-hybridized carbons (Fsp3) is 0.583. The quantitative estimate of drug-likeness (QED) is 0.880. The molecule has 1 saturated carbocycles. The maximum absolute atomic E-state index is 12.0. The molecule has 0 aliphatic heterocycles. The number of aromatic nitrogens is 4. The number of halogens is 1. The first-order valence-corrected chi connectivity index (χ1v) is 7.07. The zero-order chi connectivity index (χ0) is 12.7. The van der Waals surface area contributed by atoms with Crippen LogP contribution in [0, 0.1) is 5.92 Å². The highest BCUT2D eigenvalue weighted by atomic mass is 79.9. The van der Waals surface area contributed by atoms with Crippen molar-refractivity contribution in [1.82, 2.24) is 19.5 Å². The first-order valence-electron chi connectivity index (χ1n) is 6.28. The summed E-state index contributed by atoms with van der Waals surface area (Å²) in [6, 6.07) is 0.256. The Kier molecular flexibility index (Phi) is 2.97. The van der Waals surface area contributed by atoms with Crippen LogP contribution in [0.4, 0.5) is 0 Å². The summed E-state index contributed by atoms with van der Waals surface area (Å²) in [6.07, 6.45) is 6.03. The third-order valence-electron chi connectivity index (χ3n) is 3.75. The summed E-state index contributed by atoms with van der Waals surface area (Å²) >= 11 is 3.31. The van der Waals surface area contributed by atoms with E-state index in [1.54, 1.807) is 10.8 Å². The van der Waals surface area contributed by atoms with Crippen LogP contribution in [0.1, 0.15) is 38.6 Å². The molecular formula is C12H15BrN4O. The van der Waals surface area contributed by atoms with E-state index in [1.165, 1.54) is 12.8 Å². The Labute approximate surface area is 113 Å². The monoisotopic (exact) mass is 310 g/mol. The van der Waals surface area contributed by atoms with E-state index < -0.39 is 0 Å². The predicted molar refractivity (Wildman–Crippen MR) is 72.5 cm³/mol. The molecule has 2 aromatic heterocycles. The van der Waals surface area contributed by atoms with Gasteiger partial charge in [0.1, 0.15) is 4.60 Å².